The lowest BCUT2D eigenvalue weighted by atomic mass is 9.64. The van der Waals surface area contributed by atoms with Crippen LogP contribution in [0.3, 0.4) is 0 Å². The number of ether oxygens (including phenoxy) is 2. The number of nitrogens with zero attached hydrogens (tertiary/aromatic N) is 6. The molecule has 0 bridgehead atoms. The number of amides is 2. The van der Waals surface area contributed by atoms with E-state index in [1.54, 1.807) is 50.4 Å². The van der Waals surface area contributed by atoms with Crippen molar-refractivity contribution in [3.05, 3.63) is 120 Å². The van der Waals surface area contributed by atoms with E-state index in [0.29, 0.717) is 33.7 Å². The molecule has 2 aliphatic heterocycles. The van der Waals surface area contributed by atoms with Crippen LogP contribution < -0.4 is 31.3 Å². The van der Waals surface area contributed by atoms with Gasteiger partial charge in [0.25, 0.3) is 17.4 Å². The van der Waals surface area contributed by atoms with E-state index in [-0.39, 0.29) is 42.2 Å². The molecule has 1 saturated heterocycles. The number of alkyl halides is 2. The number of imide groups is 1. The average Bonchev–Trinajstić information content (AvgIpc) is 3.50. The first-order valence-electron chi connectivity index (χ1n) is 17.2. The Morgan fingerprint density at radius 1 is 0.964 bits per heavy atom. The third-order valence-electron chi connectivity index (χ3n) is 11.0. The Morgan fingerprint density at radius 3 is 2.35 bits per heavy atom. The van der Waals surface area contributed by atoms with E-state index in [4.69, 9.17) is 32.7 Å². The summed E-state index contributed by atoms with van der Waals surface area (Å²) in [5.74, 6) is -3.04. The molecule has 0 radical (unpaired) electrons. The number of para-hydroxylation sites is 1. The zero-order valence-corrected chi connectivity index (χ0v) is 31.4. The largest absolute Gasteiger partial charge is 0.507 e. The molecule has 3 aliphatic rings. The van der Waals surface area contributed by atoms with Crippen molar-refractivity contribution >= 4 is 51.7 Å². The van der Waals surface area contributed by atoms with Crippen LogP contribution >= 0.6 is 23.2 Å². The van der Waals surface area contributed by atoms with Gasteiger partial charge in [0.05, 0.1) is 43.5 Å². The summed E-state index contributed by atoms with van der Waals surface area (Å²) in [6, 6.07) is 11.7. The first-order valence-corrected chi connectivity index (χ1v) is 18.0. The van der Waals surface area contributed by atoms with Gasteiger partial charge < -0.3 is 19.1 Å². The number of carbonyl (C=O) groups is 2. The molecule has 1 aliphatic carbocycles. The van der Waals surface area contributed by atoms with Crippen molar-refractivity contribution in [2.45, 2.75) is 54.6 Å². The quantitative estimate of drug-likeness (QED) is 0.148. The van der Waals surface area contributed by atoms with Crippen LogP contribution in [0.15, 0.2) is 80.6 Å². The smallest absolute Gasteiger partial charge is 0.347 e. The minimum atomic E-state index is -2.23. The molecule has 3 aromatic carbocycles. The highest BCUT2D eigenvalue weighted by Gasteiger charge is 2.76. The lowest BCUT2D eigenvalue weighted by molar-refractivity contribution is -0.122. The highest BCUT2D eigenvalue weighted by Crippen LogP contribution is 2.64. The van der Waals surface area contributed by atoms with Gasteiger partial charge in [0, 0.05) is 50.0 Å². The van der Waals surface area contributed by atoms with Crippen molar-refractivity contribution in [2.24, 2.45) is 7.05 Å². The Labute approximate surface area is 321 Å². The Morgan fingerprint density at radius 2 is 1.65 bits per heavy atom. The van der Waals surface area contributed by atoms with E-state index in [1.165, 1.54) is 40.3 Å². The van der Waals surface area contributed by atoms with Gasteiger partial charge >= 0.3 is 11.4 Å². The molecular weight excluding hydrogens is 758 g/mol. The molecule has 1 N–H and O–H groups in total. The molecule has 4 heterocycles. The zero-order valence-electron chi connectivity index (χ0n) is 29.9. The standard InChI is InChI=1S/C38H33Cl2FN6O8/c1-19-6-5-7-23(31(19)48)30-22-12-15-45-35(52)44(14-13-24-32(49)43(2)26-17-29(55-4)28(54-3)16-25(26)42-24)36(53)47(45)27(22)18-37(39)33(50)46(34(51)38(30,37)40)21-10-8-20(41)9-11-21/h5-12,16-17,27,30,48H,13-15,18H2,1-4H3/t27-,30-,37-,38+/m1/s1. The molecule has 0 unspecified atom stereocenters. The molecule has 2 amide bonds. The maximum atomic E-state index is 14.5. The van der Waals surface area contributed by atoms with Crippen molar-refractivity contribution in [3.63, 3.8) is 0 Å². The molecule has 14 nitrogen and oxygen atoms in total. The monoisotopic (exact) mass is 790 g/mol. The summed E-state index contributed by atoms with van der Waals surface area (Å²) >= 11 is 14.7. The summed E-state index contributed by atoms with van der Waals surface area (Å²) in [6.07, 6.45) is 1.17. The van der Waals surface area contributed by atoms with Crippen molar-refractivity contribution < 1.29 is 28.6 Å². The molecule has 8 rings (SSSR count). The molecule has 5 aromatic rings. The van der Waals surface area contributed by atoms with Gasteiger partial charge in [-0.15, -0.1) is 23.2 Å². The topological polar surface area (TPSA) is 160 Å². The van der Waals surface area contributed by atoms with Gasteiger partial charge in [-0.3, -0.25) is 14.4 Å². The number of phenols is 1. The predicted molar refractivity (Wildman–Crippen MR) is 200 cm³/mol. The molecule has 284 valence electrons. The van der Waals surface area contributed by atoms with Crippen molar-refractivity contribution in [3.8, 4) is 17.2 Å². The summed E-state index contributed by atoms with van der Waals surface area (Å²) in [5, 5.41) is 11.4. The number of aromatic nitrogens is 5. The van der Waals surface area contributed by atoms with Gasteiger partial charge in [0.1, 0.15) is 17.3 Å². The van der Waals surface area contributed by atoms with Gasteiger partial charge in [0.15, 0.2) is 21.2 Å². The number of anilines is 1. The fraction of sp³-hybridized carbons (Fsp3) is 0.316. The van der Waals surface area contributed by atoms with E-state index in [9.17, 15) is 33.5 Å². The minimum absolute atomic E-state index is 0.0290. The van der Waals surface area contributed by atoms with Crippen molar-refractivity contribution in [1.29, 1.82) is 0 Å². The lowest BCUT2D eigenvalue weighted by Gasteiger charge is -2.49. The summed E-state index contributed by atoms with van der Waals surface area (Å²) in [7, 11) is 4.52. The zero-order chi connectivity index (χ0) is 39.3. The summed E-state index contributed by atoms with van der Waals surface area (Å²) in [4.78, 5) is 71.6. The number of hydrogen-bond acceptors (Lipinski definition) is 9. The second-order valence-electron chi connectivity index (χ2n) is 13.8. The van der Waals surface area contributed by atoms with E-state index in [1.807, 2.05) is 0 Å². The highest BCUT2D eigenvalue weighted by atomic mass is 35.5. The molecule has 2 aromatic heterocycles. The van der Waals surface area contributed by atoms with Crippen LogP contribution in [-0.4, -0.2) is 64.4 Å². The van der Waals surface area contributed by atoms with E-state index in [2.05, 4.69) is 4.98 Å². The second-order valence-corrected chi connectivity index (χ2v) is 15.1. The van der Waals surface area contributed by atoms with Crippen LogP contribution in [0, 0.1) is 12.7 Å². The van der Waals surface area contributed by atoms with Crippen LogP contribution in [0.2, 0.25) is 0 Å². The number of carbonyl (C=O) groups excluding carboxylic acids is 2. The maximum absolute atomic E-state index is 14.5. The SMILES string of the molecule is COc1cc2nc(CCn3c(=O)n4n(c3=O)[C@@H]3C[C@@]5(Cl)C(=O)N(c6ccc(F)cc6)C(=O)[C@@]5(Cl)[C@@H](c5cccc(C)c5O)C3=CC4)c(=O)n(C)c2cc1OC. The first kappa shape index (κ1) is 36.3. The molecule has 1 saturated carbocycles. The van der Waals surface area contributed by atoms with Crippen LogP contribution in [-0.2, 0) is 36.1 Å². The number of methoxy groups -OCH3 is 2. The molecular formula is C38H33Cl2FN6O8. The van der Waals surface area contributed by atoms with Gasteiger partial charge in [-0.05, 0) is 42.3 Å². The molecule has 55 heavy (non-hydrogen) atoms. The highest BCUT2D eigenvalue weighted by molar-refractivity contribution is 6.58. The number of phenolic OH excluding ortho intramolecular Hbond substituents is 1. The van der Waals surface area contributed by atoms with Crippen LogP contribution in [0.5, 0.6) is 17.2 Å². The number of aromatic hydroxyl groups is 1. The molecule has 4 atom stereocenters. The Kier molecular flexibility index (Phi) is 8.39. The number of benzene rings is 3. The molecule has 0 spiro atoms. The Bertz CT molecular complexity index is 2700. The van der Waals surface area contributed by atoms with Crippen LogP contribution in [0.4, 0.5) is 10.1 Å². The molecule has 2 fully saturated rings. The summed E-state index contributed by atoms with van der Waals surface area (Å²) in [5.41, 5.74) is 0.185. The number of hydrogen-bond donors (Lipinski definition) is 1. The predicted octanol–water partition coefficient (Wildman–Crippen LogP) is 3.67. The van der Waals surface area contributed by atoms with Gasteiger partial charge in [-0.2, -0.15) is 0 Å². The molecule has 17 heteroatoms. The first-order chi connectivity index (χ1) is 26.2. The van der Waals surface area contributed by atoms with E-state index < -0.39 is 62.7 Å². The summed E-state index contributed by atoms with van der Waals surface area (Å²) < 4.78 is 29.5. The number of aryl methyl sites for hydroxylation is 3. The average molecular weight is 792 g/mol. The van der Waals surface area contributed by atoms with Crippen LogP contribution in [0.1, 0.15) is 35.2 Å². The fourth-order valence-electron chi connectivity index (χ4n) is 8.25. The van der Waals surface area contributed by atoms with Crippen molar-refractivity contribution in [1.82, 2.24) is 23.5 Å². The number of halogens is 3. The minimum Gasteiger partial charge on any atom is -0.507 e. The fourth-order valence-corrected chi connectivity index (χ4v) is 9.16. The normalized spacial score (nSPS) is 23.0. The number of rotatable bonds is 7. The van der Waals surface area contributed by atoms with Gasteiger partial charge in [-0.1, -0.05) is 24.3 Å². The summed E-state index contributed by atoms with van der Waals surface area (Å²) in [6.45, 7) is 1.31. The lowest BCUT2D eigenvalue weighted by Crippen LogP contribution is -2.59. The third-order valence-corrected chi connectivity index (χ3v) is 12.5. The van der Waals surface area contributed by atoms with Gasteiger partial charge in [0.2, 0.25) is 0 Å². The number of fused-ring (bicyclic) bond motifs is 5. The van der Waals surface area contributed by atoms with E-state index >= 15 is 0 Å². The van der Waals surface area contributed by atoms with Crippen molar-refractivity contribution in [2.75, 3.05) is 19.1 Å². The van der Waals surface area contributed by atoms with E-state index in [0.717, 1.165) is 21.6 Å². The maximum Gasteiger partial charge on any atom is 0.347 e. The van der Waals surface area contributed by atoms with Crippen LogP contribution in [0.25, 0.3) is 11.0 Å². The Hall–Kier alpha value is -5.67. The van der Waals surface area contributed by atoms with Gasteiger partial charge in [-0.25, -0.2) is 37.8 Å². The second kappa shape index (κ2) is 12.7. The number of allylic oxidation sites excluding steroid dienone is 2. The Balaban J connectivity index is 1.23. The third kappa shape index (κ3) is 4.98.